The Morgan fingerprint density at radius 3 is 2.37 bits per heavy atom. The number of hydrogen-bond donors (Lipinski definition) is 0. The van der Waals surface area contributed by atoms with E-state index < -0.39 is 14.2 Å². The number of hydrogen-bond acceptors (Lipinski definition) is 3. The van der Waals surface area contributed by atoms with Gasteiger partial charge in [0.05, 0.1) is 30.9 Å². The smallest absolute Gasteiger partial charge is 0.438 e. The van der Waals surface area contributed by atoms with Crippen LogP contribution in [0.15, 0.2) is 11.3 Å². The molecule has 0 N–H and O–H groups in total. The van der Waals surface area contributed by atoms with Crippen LogP contribution in [-0.2, 0) is 9.47 Å². The number of rotatable bonds is 7. The highest BCUT2D eigenvalue weighted by atomic mass is 28.4. The molecule has 19 heavy (non-hydrogen) atoms. The summed E-state index contributed by atoms with van der Waals surface area (Å²) in [4.78, 5) is 11.1. The number of carbonyl (C=O) groups is 1. The molecule has 108 valence electrons. The maximum Gasteiger partial charge on any atom is 0.507 e. The molecule has 0 atom stereocenters. The van der Waals surface area contributed by atoms with Crippen LogP contribution >= 0.6 is 0 Å². The normalized spacial score (nSPS) is 11.9. The fraction of sp³-hybridized carbons (Fsp3) is 0.769. The molecule has 0 saturated carbocycles. The third-order valence-electron chi connectivity index (χ3n) is 3.43. The van der Waals surface area contributed by atoms with Crippen molar-refractivity contribution in [1.29, 1.82) is 0 Å². The van der Waals surface area contributed by atoms with E-state index in [1.165, 1.54) is 18.4 Å². The highest BCUT2D eigenvalue weighted by Crippen LogP contribution is 2.36. The SMILES string of the molecule is COC(=O)OC[Si](C)(C)C(C)(C)[Si]C[Si]C=C(C)C. The zero-order chi connectivity index (χ0) is 15.1. The zero-order valence-electron chi connectivity index (χ0n) is 13.2. The van der Waals surface area contributed by atoms with Gasteiger partial charge < -0.3 is 9.47 Å². The van der Waals surface area contributed by atoms with Crippen LogP contribution in [0.5, 0.6) is 0 Å². The van der Waals surface area contributed by atoms with Crippen LogP contribution in [-0.4, -0.2) is 46.6 Å². The number of allylic oxidation sites excluding steroid dienone is 1. The predicted octanol–water partition coefficient (Wildman–Crippen LogP) is 3.46. The van der Waals surface area contributed by atoms with Gasteiger partial charge in [0, 0.05) is 9.52 Å². The molecule has 0 rings (SSSR count). The first-order valence-corrected chi connectivity index (χ1v) is 12.1. The van der Waals surface area contributed by atoms with Crippen molar-refractivity contribution in [3.63, 3.8) is 0 Å². The lowest BCUT2D eigenvalue weighted by Crippen LogP contribution is -2.47. The Kier molecular flexibility index (Phi) is 7.92. The molecule has 3 nitrogen and oxygen atoms in total. The van der Waals surface area contributed by atoms with Crippen molar-refractivity contribution < 1.29 is 14.3 Å². The molecule has 0 heterocycles. The van der Waals surface area contributed by atoms with Crippen LogP contribution in [0, 0.1) is 0 Å². The Labute approximate surface area is 123 Å². The maximum atomic E-state index is 11.1. The quantitative estimate of drug-likeness (QED) is 0.410. The fourth-order valence-corrected chi connectivity index (χ4v) is 8.00. The molecule has 0 aliphatic carbocycles. The monoisotopic (exact) mass is 314 g/mol. The molecule has 0 aromatic carbocycles. The third-order valence-corrected chi connectivity index (χ3v) is 13.4. The first-order chi connectivity index (χ1) is 8.62. The van der Waals surface area contributed by atoms with Crippen LogP contribution in [0.2, 0.25) is 23.4 Å². The largest absolute Gasteiger partial charge is 0.507 e. The zero-order valence-corrected chi connectivity index (χ0v) is 16.2. The molecule has 0 unspecified atom stereocenters. The number of methoxy groups -OCH3 is 1. The van der Waals surface area contributed by atoms with E-state index >= 15 is 0 Å². The van der Waals surface area contributed by atoms with E-state index in [0.717, 1.165) is 19.0 Å². The van der Waals surface area contributed by atoms with Crippen LogP contribution in [0.3, 0.4) is 0 Å². The molecule has 0 bridgehead atoms. The standard InChI is InChI=1S/C13H26O3Si3/c1-11(2)8-17-10-18-13(3,4)19(6,7)9-16-12(14)15-5/h8H,9-10H2,1-7H3. The predicted molar refractivity (Wildman–Crippen MR) is 85.6 cm³/mol. The summed E-state index contributed by atoms with van der Waals surface area (Å²) in [5.74, 6) is 0. The summed E-state index contributed by atoms with van der Waals surface area (Å²) in [6, 6.07) is 0. The fourth-order valence-electron chi connectivity index (χ4n) is 1.25. The molecule has 0 spiro atoms. The van der Waals surface area contributed by atoms with Crippen molar-refractivity contribution in [3.05, 3.63) is 11.3 Å². The second kappa shape index (κ2) is 8.06. The maximum absolute atomic E-state index is 11.1. The van der Waals surface area contributed by atoms with Crippen LogP contribution in [0.25, 0.3) is 0 Å². The summed E-state index contributed by atoms with van der Waals surface area (Å²) in [5.41, 5.74) is 4.96. The average Bonchev–Trinajstić information content (AvgIpc) is 2.31. The lowest BCUT2D eigenvalue weighted by molar-refractivity contribution is 0.0846. The lowest BCUT2D eigenvalue weighted by Gasteiger charge is -2.38. The van der Waals surface area contributed by atoms with Crippen molar-refractivity contribution in [2.45, 2.75) is 51.1 Å². The molecule has 0 aromatic heterocycles. The van der Waals surface area contributed by atoms with E-state index in [0.29, 0.717) is 6.23 Å². The third kappa shape index (κ3) is 7.12. The van der Waals surface area contributed by atoms with E-state index in [9.17, 15) is 4.79 Å². The first kappa shape index (κ1) is 18.7. The molecule has 0 aliphatic rings. The van der Waals surface area contributed by atoms with E-state index in [1.54, 1.807) is 0 Å². The van der Waals surface area contributed by atoms with Crippen molar-refractivity contribution in [1.82, 2.24) is 0 Å². The van der Waals surface area contributed by atoms with Crippen molar-refractivity contribution >= 4 is 33.3 Å². The van der Waals surface area contributed by atoms with E-state index in [2.05, 4.69) is 51.2 Å². The van der Waals surface area contributed by atoms with Gasteiger partial charge >= 0.3 is 6.16 Å². The molecule has 0 fully saturated rings. The van der Waals surface area contributed by atoms with Gasteiger partial charge in [-0.2, -0.15) is 0 Å². The molecular weight excluding hydrogens is 288 g/mol. The highest BCUT2D eigenvalue weighted by Gasteiger charge is 2.40. The first-order valence-electron chi connectivity index (χ1n) is 6.45. The molecule has 6 heteroatoms. The Bertz CT molecular complexity index is 321. The van der Waals surface area contributed by atoms with Gasteiger partial charge in [0.2, 0.25) is 0 Å². The molecular formula is C13H26O3Si3. The summed E-state index contributed by atoms with van der Waals surface area (Å²) >= 11 is 0. The summed E-state index contributed by atoms with van der Waals surface area (Å²) in [6.45, 7) is 13.5. The summed E-state index contributed by atoms with van der Waals surface area (Å²) in [6.07, 6.45) is -0.0306. The molecule has 0 amide bonds. The van der Waals surface area contributed by atoms with Crippen LogP contribution < -0.4 is 0 Å². The van der Waals surface area contributed by atoms with Gasteiger partial charge in [0.1, 0.15) is 0 Å². The van der Waals surface area contributed by atoms with Gasteiger partial charge in [0.15, 0.2) is 0 Å². The van der Waals surface area contributed by atoms with Crippen LogP contribution in [0.4, 0.5) is 4.79 Å². The molecule has 0 saturated heterocycles. The Morgan fingerprint density at radius 1 is 1.32 bits per heavy atom. The second-order valence-electron chi connectivity index (χ2n) is 6.03. The van der Waals surface area contributed by atoms with E-state index in [4.69, 9.17) is 4.74 Å². The minimum absolute atomic E-state index is 0.281. The number of carbonyl (C=O) groups excluding carboxylic acids is 1. The van der Waals surface area contributed by atoms with Crippen molar-refractivity contribution in [3.8, 4) is 0 Å². The molecule has 0 aliphatic heterocycles. The minimum atomic E-state index is -1.61. The summed E-state index contributed by atoms with van der Waals surface area (Å²) in [5, 5.41) is 0. The van der Waals surface area contributed by atoms with Crippen LogP contribution in [0.1, 0.15) is 27.7 Å². The van der Waals surface area contributed by atoms with E-state index in [1.807, 2.05) is 0 Å². The van der Waals surface area contributed by atoms with Gasteiger partial charge in [-0.25, -0.2) is 4.79 Å². The Morgan fingerprint density at radius 2 is 1.89 bits per heavy atom. The lowest BCUT2D eigenvalue weighted by atomic mass is 10.4. The second-order valence-corrected chi connectivity index (χ2v) is 15.6. The topological polar surface area (TPSA) is 35.5 Å². The highest BCUT2D eigenvalue weighted by molar-refractivity contribution is 6.89. The Balaban J connectivity index is 4.34. The van der Waals surface area contributed by atoms with E-state index in [-0.39, 0.29) is 4.66 Å². The van der Waals surface area contributed by atoms with Crippen molar-refractivity contribution in [2.24, 2.45) is 0 Å². The molecule has 4 radical (unpaired) electrons. The Hall–Kier alpha value is -0.339. The van der Waals surface area contributed by atoms with Gasteiger partial charge in [-0.15, -0.1) is 5.70 Å². The van der Waals surface area contributed by atoms with Gasteiger partial charge in [0.25, 0.3) is 0 Å². The van der Waals surface area contributed by atoms with Gasteiger partial charge in [-0.3, -0.25) is 0 Å². The minimum Gasteiger partial charge on any atom is -0.438 e. The average molecular weight is 315 g/mol. The number of ether oxygens (including phenoxy) is 2. The van der Waals surface area contributed by atoms with Gasteiger partial charge in [-0.05, 0) is 18.5 Å². The van der Waals surface area contributed by atoms with Gasteiger partial charge in [-0.1, -0.05) is 38.2 Å². The van der Waals surface area contributed by atoms with Crippen molar-refractivity contribution in [2.75, 3.05) is 13.3 Å². The summed E-state index contributed by atoms with van der Waals surface area (Å²) in [7, 11) is 1.55. The summed E-state index contributed by atoms with van der Waals surface area (Å²) < 4.78 is 10.0. The molecule has 0 aromatic rings.